The van der Waals surface area contributed by atoms with Crippen LogP contribution in [0, 0.1) is 11.8 Å². The highest BCUT2D eigenvalue weighted by Crippen LogP contribution is 2.44. The van der Waals surface area contributed by atoms with E-state index >= 15 is 0 Å². The Bertz CT molecular complexity index is 383. The highest BCUT2D eigenvalue weighted by Gasteiger charge is 2.34. The quantitative estimate of drug-likeness (QED) is 0.782. The molecule has 1 nitrogen and oxygen atoms in total. The fraction of sp³-hybridized carbons (Fsp3) is 0.625. The maximum Gasteiger partial charge on any atom is 0.0343 e. The van der Waals surface area contributed by atoms with Crippen LogP contribution >= 0.6 is 11.8 Å². The number of anilines is 1. The normalized spacial score (nSPS) is 28.1. The van der Waals surface area contributed by atoms with Gasteiger partial charge in [-0.1, -0.05) is 12.8 Å². The van der Waals surface area contributed by atoms with Crippen LogP contribution in [-0.4, -0.2) is 12.3 Å². The Balaban J connectivity index is 1.57. The van der Waals surface area contributed by atoms with Crippen molar-refractivity contribution in [3.63, 3.8) is 0 Å². The molecule has 0 radical (unpaired) electrons. The first kappa shape index (κ1) is 12.4. The smallest absolute Gasteiger partial charge is 0.0343 e. The van der Waals surface area contributed by atoms with E-state index in [-0.39, 0.29) is 0 Å². The summed E-state index contributed by atoms with van der Waals surface area (Å²) in [5, 5.41) is 3.74. The minimum Gasteiger partial charge on any atom is -0.382 e. The van der Waals surface area contributed by atoms with Gasteiger partial charge in [-0.25, -0.2) is 0 Å². The molecule has 0 bridgehead atoms. The van der Waals surface area contributed by atoms with Crippen LogP contribution in [0.1, 0.15) is 38.5 Å². The van der Waals surface area contributed by atoms with Crippen LogP contribution in [-0.2, 0) is 0 Å². The monoisotopic (exact) mass is 261 g/mol. The summed E-state index contributed by atoms with van der Waals surface area (Å²) < 4.78 is 0. The van der Waals surface area contributed by atoms with Crippen molar-refractivity contribution in [2.75, 3.05) is 11.6 Å². The molecule has 2 aliphatic carbocycles. The zero-order valence-electron chi connectivity index (χ0n) is 11.2. The lowest BCUT2D eigenvalue weighted by molar-refractivity contribution is 0.303. The van der Waals surface area contributed by atoms with E-state index in [0.29, 0.717) is 6.04 Å². The largest absolute Gasteiger partial charge is 0.382 e. The van der Waals surface area contributed by atoms with Crippen LogP contribution in [0.3, 0.4) is 0 Å². The lowest BCUT2D eigenvalue weighted by atomic mass is 9.82. The van der Waals surface area contributed by atoms with Crippen LogP contribution in [0.2, 0.25) is 0 Å². The van der Waals surface area contributed by atoms with Crippen LogP contribution in [0.15, 0.2) is 29.2 Å². The molecule has 2 fully saturated rings. The molecule has 2 heteroatoms. The molecule has 0 saturated heterocycles. The molecule has 18 heavy (non-hydrogen) atoms. The number of hydrogen-bond acceptors (Lipinski definition) is 2. The van der Waals surface area contributed by atoms with Gasteiger partial charge in [0.15, 0.2) is 0 Å². The molecule has 3 rings (SSSR count). The van der Waals surface area contributed by atoms with E-state index < -0.39 is 0 Å². The molecular weight excluding hydrogens is 238 g/mol. The van der Waals surface area contributed by atoms with Crippen molar-refractivity contribution in [1.29, 1.82) is 0 Å². The van der Waals surface area contributed by atoms with Gasteiger partial charge in [0.25, 0.3) is 0 Å². The van der Waals surface area contributed by atoms with Gasteiger partial charge in [-0.2, -0.15) is 0 Å². The average molecular weight is 261 g/mol. The Labute approximate surface area is 115 Å². The minimum atomic E-state index is 0.712. The number of hydrogen-bond donors (Lipinski definition) is 1. The molecule has 1 aromatic rings. The molecule has 0 aliphatic heterocycles. The third-order valence-corrected chi connectivity index (χ3v) is 5.21. The molecular formula is C16H23NS. The first-order valence-electron chi connectivity index (χ1n) is 7.26. The average Bonchev–Trinajstić information content (AvgIpc) is 3.24. The zero-order chi connectivity index (χ0) is 12.4. The molecule has 98 valence electrons. The van der Waals surface area contributed by atoms with E-state index in [2.05, 4.69) is 35.8 Å². The van der Waals surface area contributed by atoms with Gasteiger partial charge in [0, 0.05) is 16.6 Å². The molecule has 2 aliphatic rings. The molecule has 1 aromatic carbocycles. The fourth-order valence-electron chi connectivity index (χ4n) is 3.28. The summed E-state index contributed by atoms with van der Waals surface area (Å²) in [6, 6.07) is 9.60. The zero-order valence-corrected chi connectivity index (χ0v) is 12.0. The summed E-state index contributed by atoms with van der Waals surface area (Å²) in [7, 11) is 0. The number of rotatable bonds is 4. The first-order chi connectivity index (χ1) is 8.85. The van der Waals surface area contributed by atoms with Gasteiger partial charge in [-0.15, -0.1) is 11.8 Å². The van der Waals surface area contributed by atoms with Gasteiger partial charge < -0.3 is 5.32 Å². The SMILES string of the molecule is CSc1ccc(NC2CCCC(C3CC3)C2)cc1. The minimum absolute atomic E-state index is 0.712. The van der Waals surface area contributed by atoms with Gasteiger partial charge in [0.05, 0.1) is 0 Å². The van der Waals surface area contributed by atoms with Crippen molar-refractivity contribution in [1.82, 2.24) is 0 Å². The fourth-order valence-corrected chi connectivity index (χ4v) is 3.69. The van der Waals surface area contributed by atoms with Crippen molar-refractivity contribution < 1.29 is 0 Å². The van der Waals surface area contributed by atoms with E-state index in [1.54, 1.807) is 0 Å². The number of nitrogens with one attached hydrogen (secondary N) is 1. The molecule has 2 atom stereocenters. The highest BCUT2D eigenvalue weighted by atomic mass is 32.2. The van der Waals surface area contributed by atoms with Crippen LogP contribution in [0.25, 0.3) is 0 Å². The van der Waals surface area contributed by atoms with Crippen LogP contribution in [0.5, 0.6) is 0 Å². The Morgan fingerprint density at radius 3 is 2.44 bits per heavy atom. The Morgan fingerprint density at radius 1 is 1.00 bits per heavy atom. The van der Waals surface area contributed by atoms with E-state index in [4.69, 9.17) is 0 Å². The molecule has 2 unspecified atom stereocenters. The predicted octanol–water partition coefficient (Wildman–Crippen LogP) is 4.79. The third kappa shape index (κ3) is 3.03. The Morgan fingerprint density at radius 2 is 1.78 bits per heavy atom. The second kappa shape index (κ2) is 5.56. The van der Waals surface area contributed by atoms with E-state index in [1.807, 2.05) is 11.8 Å². The summed E-state index contributed by atoms with van der Waals surface area (Å²) >= 11 is 1.81. The second-order valence-corrected chi connectivity index (χ2v) is 6.71. The summed E-state index contributed by atoms with van der Waals surface area (Å²) in [5.74, 6) is 2.09. The topological polar surface area (TPSA) is 12.0 Å². The molecule has 2 saturated carbocycles. The Kier molecular flexibility index (Phi) is 3.83. The Hall–Kier alpha value is -0.630. The summed E-state index contributed by atoms with van der Waals surface area (Å²) in [6.07, 6.45) is 10.8. The summed E-state index contributed by atoms with van der Waals surface area (Å²) in [4.78, 5) is 1.35. The van der Waals surface area contributed by atoms with Crippen LogP contribution < -0.4 is 5.32 Å². The third-order valence-electron chi connectivity index (χ3n) is 4.46. The maximum atomic E-state index is 3.74. The summed E-state index contributed by atoms with van der Waals surface area (Å²) in [5.41, 5.74) is 1.30. The van der Waals surface area contributed by atoms with E-state index in [1.165, 1.54) is 49.1 Å². The van der Waals surface area contributed by atoms with E-state index in [0.717, 1.165) is 11.8 Å². The molecule has 0 heterocycles. The lowest BCUT2D eigenvalue weighted by Crippen LogP contribution is -2.28. The summed E-state index contributed by atoms with van der Waals surface area (Å²) in [6.45, 7) is 0. The molecule has 0 spiro atoms. The van der Waals surface area contributed by atoms with E-state index in [9.17, 15) is 0 Å². The van der Waals surface area contributed by atoms with Crippen molar-refractivity contribution >= 4 is 17.4 Å². The first-order valence-corrected chi connectivity index (χ1v) is 8.48. The molecule has 1 N–H and O–H groups in total. The van der Waals surface area contributed by atoms with Crippen molar-refractivity contribution in [2.45, 2.75) is 49.5 Å². The highest BCUT2D eigenvalue weighted by molar-refractivity contribution is 7.98. The van der Waals surface area contributed by atoms with Crippen molar-refractivity contribution in [3.8, 4) is 0 Å². The van der Waals surface area contributed by atoms with Crippen LogP contribution in [0.4, 0.5) is 5.69 Å². The van der Waals surface area contributed by atoms with Gasteiger partial charge in [-0.05, 0) is 68.0 Å². The molecule has 0 aromatic heterocycles. The van der Waals surface area contributed by atoms with Gasteiger partial charge in [-0.3, -0.25) is 0 Å². The number of thioether (sulfide) groups is 1. The molecule has 0 amide bonds. The second-order valence-electron chi connectivity index (χ2n) is 5.83. The standard InChI is InChI=1S/C16H23NS/c1-18-16-9-7-14(8-10-16)17-15-4-2-3-13(11-15)12-5-6-12/h7-10,12-13,15,17H,2-6,11H2,1H3. The predicted molar refractivity (Wildman–Crippen MR) is 80.3 cm³/mol. The number of benzene rings is 1. The van der Waals surface area contributed by atoms with Gasteiger partial charge in [0.1, 0.15) is 0 Å². The van der Waals surface area contributed by atoms with Crippen molar-refractivity contribution in [2.24, 2.45) is 11.8 Å². The van der Waals surface area contributed by atoms with Gasteiger partial charge >= 0.3 is 0 Å². The van der Waals surface area contributed by atoms with Crippen molar-refractivity contribution in [3.05, 3.63) is 24.3 Å². The lowest BCUT2D eigenvalue weighted by Gasteiger charge is -2.30. The maximum absolute atomic E-state index is 3.74. The van der Waals surface area contributed by atoms with Gasteiger partial charge in [0.2, 0.25) is 0 Å².